The molecular formula is C16H21N3O2S2. The maximum Gasteiger partial charge on any atom is 0.227 e. The van der Waals surface area contributed by atoms with Gasteiger partial charge in [0.25, 0.3) is 0 Å². The van der Waals surface area contributed by atoms with Gasteiger partial charge in [-0.2, -0.15) is 0 Å². The molecule has 2 aromatic heterocycles. The Morgan fingerprint density at radius 1 is 1.39 bits per heavy atom. The number of likely N-dealkylation sites (tertiary alicyclic amines) is 1. The van der Waals surface area contributed by atoms with E-state index in [0.29, 0.717) is 17.5 Å². The fraction of sp³-hybridized carbons (Fsp3) is 0.500. The predicted octanol–water partition coefficient (Wildman–Crippen LogP) is 2.98. The highest BCUT2D eigenvalue weighted by Crippen LogP contribution is 2.32. The van der Waals surface area contributed by atoms with Crippen LogP contribution < -0.4 is 5.32 Å². The largest absolute Gasteiger partial charge is 0.387 e. The van der Waals surface area contributed by atoms with Gasteiger partial charge in [-0.15, -0.1) is 22.7 Å². The molecule has 0 spiro atoms. The monoisotopic (exact) mass is 351 g/mol. The quantitative estimate of drug-likeness (QED) is 0.840. The van der Waals surface area contributed by atoms with Crippen LogP contribution in [-0.4, -0.2) is 40.5 Å². The van der Waals surface area contributed by atoms with E-state index in [9.17, 15) is 9.90 Å². The van der Waals surface area contributed by atoms with E-state index in [1.807, 2.05) is 22.9 Å². The number of carbonyl (C=O) groups is 1. The minimum atomic E-state index is -0.342. The second kappa shape index (κ2) is 8.01. The van der Waals surface area contributed by atoms with Crippen molar-refractivity contribution in [1.29, 1.82) is 0 Å². The molecule has 1 atom stereocenters. The van der Waals surface area contributed by atoms with Crippen LogP contribution in [0.1, 0.15) is 30.2 Å². The van der Waals surface area contributed by atoms with Crippen molar-refractivity contribution < 1.29 is 9.90 Å². The molecule has 1 aliphatic heterocycles. The van der Waals surface area contributed by atoms with Gasteiger partial charge in [0, 0.05) is 29.4 Å². The molecular weight excluding hydrogens is 330 g/mol. The second-order valence-corrected chi connectivity index (χ2v) is 7.65. The minimum absolute atomic E-state index is 0.0145. The molecule has 3 heterocycles. The fourth-order valence-corrected chi connectivity index (χ4v) is 4.26. The van der Waals surface area contributed by atoms with E-state index in [2.05, 4.69) is 15.2 Å². The van der Waals surface area contributed by atoms with Gasteiger partial charge in [0.05, 0.1) is 6.10 Å². The molecule has 0 bridgehead atoms. The summed E-state index contributed by atoms with van der Waals surface area (Å²) in [5, 5.41) is 17.7. The number of piperidine rings is 1. The maximum absolute atomic E-state index is 11.9. The van der Waals surface area contributed by atoms with Crippen molar-refractivity contribution in [2.45, 2.75) is 25.4 Å². The van der Waals surface area contributed by atoms with Crippen LogP contribution in [0.25, 0.3) is 0 Å². The van der Waals surface area contributed by atoms with Crippen molar-refractivity contribution in [2.75, 3.05) is 25.0 Å². The summed E-state index contributed by atoms with van der Waals surface area (Å²) >= 11 is 3.05. The van der Waals surface area contributed by atoms with E-state index in [1.54, 1.807) is 17.5 Å². The number of amides is 1. The Hall–Kier alpha value is -1.28. The number of hydrogen-bond acceptors (Lipinski definition) is 6. The van der Waals surface area contributed by atoms with Crippen LogP contribution in [0.15, 0.2) is 29.1 Å². The molecule has 5 nitrogen and oxygen atoms in total. The standard InChI is InChI=1S/C16H21N3O2S2/c20-14(18-16-17-6-11-23-16)5-9-19-7-3-12(4-8-19)15(21)13-2-1-10-22-13/h1-2,6,10-12,15,21H,3-5,7-9H2,(H,17,18,20). The van der Waals surface area contributed by atoms with E-state index in [-0.39, 0.29) is 12.0 Å². The average molecular weight is 351 g/mol. The van der Waals surface area contributed by atoms with Crippen molar-refractivity contribution in [3.05, 3.63) is 34.0 Å². The fourth-order valence-electron chi connectivity index (χ4n) is 2.91. The van der Waals surface area contributed by atoms with E-state index < -0.39 is 0 Å². The predicted molar refractivity (Wildman–Crippen MR) is 93.8 cm³/mol. The first kappa shape index (κ1) is 16.6. The first-order valence-electron chi connectivity index (χ1n) is 7.85. The lowest BCUT2D eigenvalue weighted by Crippen LogP contribution is -2.37. The third kappa shape index (κ3) is 4.60. The summed E-state index contributed by atoms with van der Waals surface area (Å²) in [6, 6.07) is 3.99. The van der Waals surface area contributed by atoms with E-state index >= 15 is 0 Å². The van der Waals surface area contributed by atoms with Gasteiger partial charge in [0.1, 0.15) is 0 Å². The normalized spacial score (nSPS) is 18.0. The number of aliphatic hydroxyl groups excluding tert-OH is 1. The number of rotatable bonds is 6. The van der Waals surface area contributed by atoms with Crippen LogP contribution in [0, 0.1) is 5.92 Å². The molecule has 0 aromatic carbocycles. The van der Waals surface area contributed by atoms with Crippen LogP contribution in [0.3, 0.4) is 0 Å². The summed E-state index contributed by atoms with van der Waals surface area (Å²) in [5.41, 5.74) is 0. The molecule has 1 fully saturated rings. The van der Waals surface area contributed by atoms with Crippen LogP contribution in [0.5, 0.6) is 0 Å². The molecule has 0 aliphatic carbocycles. The zero-order valence-corrected chi connectivity index (χ0v) is 14.5. The average Bonchev–Trinajstić information content (AvgIpc) is 3.26. The molecule has 23 heavy (non-hydrogen) atoms. The smallest absolute Gasteiger partial charge is 0.227 e. The molecule has 1 saturated heterocycles. The molecule has 0 saturated carbocycles. The first-order chi connectivity index (χ1) is 11.2. The maximum atomic E-state index is 11.9. The Morgan fingerprint density at radius 2 is 2.22 bits per heavy atom. The van der Waals surface area contributed by atoms with Crippen LogP contribution in [-0.2, 0) is 4.79 Å². The summed E-state index contributed by atoms with van der Waals surface area (Å²) < 4.78 is 0. The number of thiazole rings is 1. The Morgan fingerprint density at radius 3 is 2.87 bits per heavy atom. The highest BCUT2D eigenvalue weighted by atomic mass is 32.1. The van der Waals surface area contributed by atoms with Gasteiger partial charge < -0.3 is 15.3 Å². The van der Waals surface area contributed by atoms with Gasteiger partial charge in [-0.1, -0.05) is 6.07 Å². The molecule has 1 unspecified atom stereocenters. The molecule has 1 aliphatic rings. The number of hydrogen-bond donors (Lipinski definition) is 2. The van der Waals surface area contributed by atoms with Crippen molar-refractivity contribution >= 4 is 33.7 Å². The number of carbonyl (C=O) groups excluding carboxylic acids is 1. The third-order valence-electron chi connectivity index (χ3n) is 4.25. The molecule has 7 heteroatoms. The van der Waals surface area contributed by atoms with Crippen LogP contribution >= 0.6 is 22.7 Å². The third-order valence-corrected chi connectivity index (χ3v) is 5.88. The molecule has 2 aromatic rings. The number of aromatic nitrogens is 1. The Kier molecular flexibility index (Phi) is 5.77. The van der Waals surface area contributed by atoms with Crippen LogP contribution in [0.2, 0.25) is 0 Å². The van der Waals surface area contributed by atoms with Crippen molar-refractivity contribution in [3.63, 3.8) is 0 Å². The number of nitrogens with one attached hydrogen (secondary N) is 1. The van der Waals surface area contributed by atoms with Crippen molar-refractivity contribution in [1.82, 2.24) is 9.88 Å². The van der Waals surface area contributed by atoms with Gasteiger partial charge >= 0.3 is 0 Å². The van der Waals surface area contributed by atoms with E-state index in [0.717, 1.165) is 37.4 Å². The topological polar surface area (TPSA) is 65.5 Å². The summed E-state index contributed by atoms with van der Waals surface area (Å²) in [6.45, 7) is 2.65. The van der Waals surface area contributed by atoms with Gasteiger partial charge in [0.2, 0.25) is 5.91 Å². The first-order valence-corrected chi connectivity index (χ1v) is 9.61. The Bertz CT molecular complexity index is 593. The highest BCUT2D eigenvalue weighted by molar-refractivity contribution is 7.13. The molecule has 3 rings (SSSR count). The van der Waals surface area contributed by atoms with Gasteiger partial charge in [-0.05, 0) is 43.3 Å². The van der Waals surface area contributed by atoms with Gasteiger partial charge in [-0.25, -0.2) is 4.98 Å². The lowest BCUT2D eigenvalue weighted by molar-refractivity contribution is -0.116. The van der Waals surface area contributed by atoms with E-state index in [1.165, 1.54) is 11.3 Å². The highest BCUT2D eigenvalue weighted by Gasteiger charge is 2.26. The van der Waals surface area contributed by atoms with Crippen LogP contribution in [0.4, 0.5) is 5.13 Å². The number of thiophene rings is 1. The molecule has 1 amide bonds. The number of aliphatic hydroxyl groups is 1. The summed E-state index contributed by atoms with van der Waals surface area (Å²) in [7, 11) is 0. The van der Waals surface area contributed by atoms with Gasteiger partial charge in [0.15, 0.2) is 5.13 Å². The zero-order valence-electron chi connectivity index (χ0n) is 12.9. The minimum Gasteiger partial charge on any atom is -0.387 e. The van der Waals surface area contributed by atoms with Crippen molar-refractivity contribution in [2.24, 2.45) is 5.92 Å². The lowest BCUT2D eigenvalue weighted by atomic mass is 9.90. The molecule has 2 N–H and O–H groups in total. The Labute approximate surface area is 144 Å². The number of nitrogens with zero attached hydrogens (tertiary/aromatic N) is 2. The zero-order chi connectivity index (χ0) is 16.1. The SMILES string of the molecule is O=C(CCN1CCC(C(O)c2cccs2)CC1)Nc1nccs1. The van der Waals surface area contributed by atoms with Gasteiger partial charge in [-0.3, -0.25) is 4.79 Å². The summed E-state index contributed by atoms with van der Waals surface area (Å²) in [4.78, 5) is 19.3. The van der Waals surface area contributed by atoms with Crippen molar-refractivity contribution in [3.8, 4) is 0 Å². The Balaban J connectivity index is 1.38. The molecule has 0 radical (unpaired) electrons. The summed E-state index contributed by atoms with van der Waals surface area (Å²) in [6.07, 6.45) is 3.78. The summed E-state index contributed by atoms with van der Waals surface area (Å²) in [5.74, 6) is 0.342. The molecule has 124 valence electrons. The number of anilines is 1. The van der Waals surface area contributed by atoms with E-state index in [4.69, 9.17) is 0 Å². The second-order valence-electron chi connectivity index (χ2n) is 5.77. The lowest BCUT2D eigenvalue weighted by Gasteiger charge is -2.33.